The SMILES string of the molecule is Cc1nn(Cc2cccc(Cl)c2)c(C)c1NC(=O)Cn1nc(C)c2c(C(F)F)cc(C3CC3)nc21. The summed E-state index contributed by atoms with van der Waals surface area (Å²) in [6, 6.07) is 9.01. The first-order valence-corrected chi connectivity index (χ1v) is 11.8. The van der Waals surface area contributed by atoms with Crippen LogP contribution in [0.2, 0.25) is 5.02 Å². The molecule has 3 aromatic heterocycles. The summed E-state index contributed by atoms with van der Waals surface area (Å²) in [7, 11) is 0. The Bertz CT molecular complexity index is 1440. The summed E-state index contributed by atoms with van der Waals surface area (Å²) in [6.07, 6.45) is -0.766. The lowest BCUT2D eigenvalue weighted by Gasteiger charge is -2.09. The predicted molar refractivity (Wildman–Crippen MR) is 130 cm³/mol. The number of rotatable bonds is 7. The van der Waals surface area contributed by atoms with Gasteiger partial charge in [-0.05, 0) is 57.4 Å². The molecule has 5 rings (SSSR count). The molecule has 7 nitrogen and oxygen atoms in total. The van der Waals surface area contributed by atoms with E-state index in [4.69, 9.17) is 11.6 Å². The molecule has 4 aromatic rings. The number of aryl methyl sites for hydroxylation is 2. The second kappa shape index (κ2) is 9.03. The zero-order valence-corrected chi connectivity index (χ0v) is 20.4. The van der Waals surface area contributed by atoms with Crippen LogP contribution in [0.1, 0.15) is 59.1 Å². The van der Waals surface area contributed by atoms with Crippen molar-refractivity contribution in [3.05, 3.63) is 69.3 Å². The maximum absolute atomic E-state index is 13.8. The Kier molecular flexibility index (Phi) is 6.04. The van der Waals surface area contributed by atoms with Gasteiger partial charge < -0.3 is 5.32 Å². The molecule has 1 aliphatic carbocycles. The van der Waals surface area contributed by atoms with Crippen molar-refractivity contribution in [1.29, 1.82) is 0 Å². The third-order valence-corrected chi connectivity index (χ3v) is 6.55. The van der Waals surface area contributed by atoms with E-state index in [-0.39, 0.29) is 23.9 Å². The van der Waals surface area contributed by atoms with Crippen molar-refractivity contribution in [1.82, 2.24) is 24.5 Å². The second-order valence-electron chi connectivity index (χ2n) is 9.03. The van der Waals surface area contributed by atoms with Crippen molar-refractivity contribution in [2.75, 3.05) is 5.32 Å². The maximum atomic E-state index is 13.8. The highest BCUT2D eigenvalue weighted by Gasteiger charge is 2.29. The molecule has 3 heterocycles. The second-order valence-corrected chi connectivity index (χ2v) is 9.47. The number of aromatic nitrogens is 5. The van der Waals surface area contributed by atoms with Crippen LogP contribution in [0.4, 0.5) is 14.5 Å². The molecular formula is C25H25ClF2N6O. The summed E-state index contributed by atoms with van der Waals surface area (Å²) in [5, 5.41) is 12.8. The number of nitrogens with zero attached hydrogens (tertiary/aromatic N) is 5. The molecule has 182 valence electrons. The topological polar surface area (TPSA) is 77.6 Å². The number of hydrogen-bond acceptors (Lipinski definition) is 4. The van der Waals surface area contributed by atoms with Crippen LogP contribution in [0.25, 0.3) is 11.0 Å². The third kappa shape index (κ3) is 4.65. The van der Waals surface area contributed by atoms with Crippen LogP contribution >= 0.6 is 11.6 Å². The number of fused-ring (bicyclic) bond motifs is 1. The molecule has 0 bridgehead atoms. The zero-order chi connectivity index (χ0) is 24.9. The molecule has 1 saturated carbocycles. The molecule has 0 saturated heterocycles. The minimum atomic E-state index is -2.64. The standard InChI is InChI=1S/C25H25ClF2N6O/c1-13-22-19(24(27)28)10-20(17-7-8-17)29-25(22)34(31-13)12-21(35)30-23-14(2)32-33(15(23)3)11-16-5-4-6-18(26)9-16/h4-6,9-10,17,24H,7-8,11-12H2,1-3H3,(H,30,35). The third-order valence-electron chi connectivity index (χ3n) is 6.32. The Balaban J connectivity index is 1.40. The van der Waals surface area contributed by atoms with Gasteiger partial charge in [-0.2, -0.15) is 10.2 Å². The quantitative estimate of drug-likeness (QED) is 0.354. The van der Waals surface area contributed by atoms with E-state index in [2.05, 4.69) is 20.5 Å². The Labute approximate surface area is 206 Å². The summed E-state index contributed by atoms with van der Waals surface area (Å²) in [6.45, 7) is 5.73. The highest BCUT2D eigenvalue weighted by atomic mass is 35.5. The lowest BCUT2D eigenvalue weighted by Crippen LogP contribution is -2.20. The molecule has 0 aliphatic heterocycles. The number of carbonyl (C=O) groups is 1. The van der Waals surface area contributed by atoms with E-state index in [0.29, 0.717) is 45.4 Å². The predicted octanol–water partition coefficient (Wildman–Crippen LogP) is 5.71. The molecule has 1 amide bonds. The van der Waals surface area contributed by atoms with Crippen LogP contribution < -0.4 is 5.32 Å². The van der Waals surface area contributed by atoms with Gasteiger partial charge in [-0.25, -0.2) is 18.4 Å². The van der Waals surface area contributed by atoms with Crippen molar-refractivity contribution in [3.8, 4) is 0 Å². The van der Waals surface area contributed by atoms with Crippen molar-refractivity contribution >= 4 is 34.2 Å². The lowest BCUT2D eigenvalue weighted by atomic mass is 10.1. The van der Waals surface area contributed by atoms with E-state index < -0.39 is 6.43 Å². The van der Waals surface area contributed by atoms with Gasteiger partial charge in [0.1, 0.15) is 6.54 Å². The van der Waals surface area contributed by atoms with Gasteiger partial charge in [0.25, 0.3) is 6.43 Å². The van der Waals surface area contributed by atoms with E-state index in [1.165, 1.54) is 10.7 Å². The normalized spacial score (nSPS) is 13.7. The smallest absolute Gasteiger partial charge is 0.264 e. The fourth-order valence-corrected chi connectivity index (χ4v) is 4.65. The number of benzene rings is 1. The van der Waals surface area contributed by atoms with E-state index >= 15 is 0 Å². The average molecular weight is 499 g/mol. The number of amides is 1. The Morgan fingerprint density at radius 3 is 2.57 bits per heavy atom. The number of anilines is 1. The number of alkyl halides is 2. The first-order chi connectivity index (χ1) is 16.7. The van der Waals surface area contributed by atoms with Gasteiger partial charge in [0.2, 0.25) is 5.91 Å². The molecule has 35 heavy (non-hydrogen) atoms. The van der Waals surface area contributed by atoms with E-state index in [0.717, 1.165) is 24.1 Å². The minimum Gasteiger partial charge on any atom is -0.321 e. The molecule has 1 aliphatic rings. The van der Waals surface area contributed by atoms with Crippen molar-refractivity contribution in [2.45, 2.75) is 59.0 Å². The van der Waals surface area contributed by atoms with E-state index in [9.17, 15) is 13.6 Å². The van der Waals surface area contributed by atoms with E-state index in [1.807, 2.05) is 42.8 Å². The van der Waals surface area contributed by atoms with Crippen molar-refractivity contribution < 1.29 is 13.6 Å². The highest BCUT2D eigenvalue weighted by molar-refractivity contribution is 6.30. The van der Waals surface area contributed by atoms with Crippen molar-refractivity contribution in [3.63, 3.8) is 0 Å². The lowest BCUT2D eigenvalue weighted by molar-refractivity contribution is -0.116. The van der Waals surface area contributed by atoms with Crippen LogP contribution in [0, 0.1) is 20.8 Å². The minimum absolute atomic E-state index is 0.0740. The molecule has 0 unspecified atom stereocenters. The number of nitrogens with one attached hydrogen (secondary N) is 1. The molecule has 0 radical (unpaired) electrons. The summed E-state index contributed by atoms with van der Waals surface area (Å²) >= 11 is 6.09. The fourth-order valence-electron chi connectivity index (χ4n) is 4.43. The molecule has 10 heteroatoms. The van der Waals surface area contributed by atoms with Crippen LogP contribution in [-0.4, -0.2) is 30.5 Å². The summed E-state index contributed by atoms with van der Waals surface area (Å²) < 4.78 is 30.8. The number of halogens is 3. The first kappa shape index (κ1) is 23.4. The summed E-state index contributed by atoms with van der Waals surface area (Å²) in [4.78, 5) is 17.6. The average Bonchev–Trinajstić information content (AvgIpc) is 3.56. The maximum Gasteiger partial charge on any atom is 0.264 e. The first-order valence-electron chi connectivity index (χ1n) is 11.5. The molecule has 0 atom stereocenters. The van der Waals surface area contributed by atoms with Gasteiger partial charge >= 0.3 is 0 Å². The molecule has 0 spiro atoms. The molecular weight excluding hydrogens is 474 g/mol. The van der Waals surface area contributed by atoms with Gasteiger partial charge in [-0.1, -0.05) is 23.7 Å². The zero-order valence-electron chi connectivity index (χ0n) is 19.6. The van der Waals surface area contributed by atoms with E-state index in [1.54, 1.807) is 6.92 Å². The highest BCUT2D eigenvalue weighted by Crippen LogP contribution is 2.42. The van der Waals surface area contributed by atoms with Gasteiger partial charge in [0.05, 0.1) is 34.7 Å². The monoisotopic (exact) mass is 498 g/mol. The molecule has 1 fully saturated rings. The van der Waals surface area contributed by atoms with Crippen LogP contribution in [-0.2, 0) is 17.9 Å². The molecule has 1 N–H and O–H groups in total. The van der Waals surface area contributed by atoms with Gasteiger partial charge in [-0.3, -0.25) is 9.48 Å². The largest absolute Gasteiger partial charge is 0.321 e. The summed E-state index contributed by atoms with van der Waals surface area (Å²) in [5.74, 6) is -0.134. The van der Waals surface area contributed by atoms with Gasteiger partial charge in [0, 0.05) is 22.2 Å². The Morgan fingerprint density at radius 1 is 1.14 bits per heavy atom. The number of hydrogen-bond donors (Lipinski definition) is 1. The number of carbonyl (C=O) groups excluding carboxylic acids is 1. The Hall–Kier alpha value is -3.33. The van der Waals surface area contributed by atoms with Gasteiger partial charge in [-0.15, -0.1) is 0 Å². The van der Waals surface area contributed by atoms with Gasteiger partial charge in [0.15, 0.2) is 5.65 Å². The number of pyridine rings is 1. The van der Waals surface area contributed by atoms with Crippen LogP contribution in [0.15, 0.2) is 30.3 Å². The summed E-state index contributed by atoms with van der Waals surface area (Å²) in [5.41, 5.74) is 4.40. The molecule has 1 aromatic carbocycles. The fraction of sp³-hybridized carbons (Fsp3) is 0.360. The Morgan fingerprint density at radius 2 is 1.89 bits per heavy atom. The van der Waals surface area contributed by atoms with Crippen LogP contribution in [0.5, 0.6) is 0 Å². The van der Waals surface area contributed by atoms with Crippen LogP contribution in [0.3, 0.4) is 0 Å². The van der Waals surface area contributed by atoms with Crippen molar-refractivity contribution in [2.24, 2.45) is 0 Å².